The number of aliphatic hydroxyl groups excluding tert-OH is 1. The molecule has 3 aromatic rings. The number of thiophene rings is 1. The van der Waals surface area contributed by atoms with Gasteiger partial charge < -0.3 is 9.84 Å². The molecule has 27 heavy (non-hydrogen) atoms. The van der Waals surface area contributed by atoms with Crippen molar-refractivity contribution in [3.05, 3.63) is 63.0 Å². The van der Waals surface area contributed by atoms with Gasteiger partial charge in [0.15, 0.2) is 0 Å². The molecule has 0 saturated heterocycles. The first-order chi connectivity index (χ1) is 13.1. The van der Waals surface area contributed by atoms with Gasteiger partial charge in [-0.25, -0.2) is 4.98 Å². The van der Waals surface area contributed by atoms with E-state index in [0.717, 1.165) is 35.0 Å². The molecule has 4 rings (SSSR count). The van der Waals surface area contributed by atoms with Crippen molar-refractivity contribution in [3.63, 3.8) is 0 Å². The highest BCUT2D eigenvalue weighted by Gasteiger charge is 2.23. The Bertz CT molecular complexity index is 980. The van der Waals surface area contributed by atoms with E-state index in [9.17, 15) is 9.90 Å². The minimum absolute atomic E-state index is 0.0471. The second-order valence-electron chi connectivity index (χ2n) is 7.39. The molecule has 1 N–H and O–H groups in total. The molecule has 0 aliphatic heterocycles. The molecule has 0 unspecified atom stereocenters. The molecule has 1 aliphatic rings. The first-order valence-corrected chi connectivity index (χ1v) is 10.2. The second-order valence-corrected chi connectivity index (χ2v) is 8.47. The van der Waals surface area contributed by atoms with Crippen molar-refractivity contribution >= 4 is 21.6 Å². The molecular formula is C21H24N2O3S. The third-order valence-corrected chi connectivity index (χ3v) is 6.27. The largest absolute Gasteiger partial charge is 0.389 e. The number of hydrogen-bond donors (Lipinski definition) is 1. The highest BCUT2D eigenvalue weighted by molar-refractivity contribution is 7.18. The van der Waals surface area contributed by atoms with Crippen LogP contribution in [0.25, 0.3) is 10.2 Å². The number of ether oxygens (including phenoxy) is 1. The first-order valence-electron chi connectivity index (χ1n) is 9.41. The van der Waals surface area contributed by atoms with Gasteiger partial charge in [0, 0.05) is 4.88 Å². The van der Waals surface area contributed by atoms with E-state index >= 15 is 0 Å². The molecule has 0 saturated carbocycles. The molecule has 1 aromatic carbocycles. The van der Waals surface area contributed by atoms with Crippen LogP contribution in [0.2, 0.25) is 0 Å². The maximum absolute atomic E-state index is 13.0. The zero-order chi connectivity index (χ0) is 18.8. The predicted molar refractivity (Wildman–Crippen MR) is 107 cm³/mol. The van der Waals surface area contributed by atoms with Crippen LogP contribution in [0.1, 0.15) is 29.3 Å². The van der Waals surface area contributed by atoms with Crippen molar-refractivity contribution in [1.82, 2.24) is 9.55 Å². The third-order valence-electron chi connectivity index (χ3n) is 5.11. The highest BCUT2D eigenvalue weighted by atomic mass is 32.1. The lowest BCUT2D eigenvalue weighted by Crippen LogP contribution is -2.29. The Kier molecular flexibility index (Phi) is 5.38. The lowest BCUT2D eigenvalue weighted by molar-refractivity contribution is 0.0198. The molecule has 6 heteroatoms. The fraction of sp³-hybridized carbons (Fsp3) is 0.429. The molecule has 0 amide bonds. The van der Waals surface area contributed by atoms with Crippen LogP contribution in [-0.4, -0.2) is 27.4 Å². The molecule has 2 atom stereocenters. The van der Waals surface area contributed by atoms with Crippen LogP contribution in [-0.2, 0) is 30.7 Å². The van der Waals surface area contributed by atoms with E-state index in [2.05, 4.69) is 11.9 Å². The summed E-state index contributed by atoms with van der Waals surface area (Å²) in [5.41, 5.74) is 2.19. The van der Waals surface area contributed by atoms with Gasteiger partial charge in [-0.2, -0.15) is 0 Å². The number of aromatic nitrogens is 2. The quantitative estimate of drug-likeness (QED) is 0.709. The van der Waals surface area contributed by atoms with Gasteiger partial charge in [-0.1, -0.05) is 37.3 Å². The summed E-state index contributed by atoms with van der Waals surface area (Å²) in [7, 11) is 0. The van der Waals surface area contributed by atoms with Gasteiger partial charge in [-0.05, 0) is 36.3 Å². The smallest absolute Gasteiger partial charge is 0.262 e. The average molecular weight is 385 g/mol. The molecule has 0 bridgehead atoms. The predicted octanol–water partition coefficient (Wildman–Crippen LogP) is 3.16. The molecule has 0 fully saturated rings. The number of fused-ring (bicyclic) bond motifs is 3. The summed E-state index contributed by atoms with van der Waals surface area (Å²) in [4.78, 5) is 19.6. The van der Waals surface area contributed by atoms with E-state index in [-0.39, 0.29) is 18.7 Å². The molecular weight excluding hydrogens is 360 g/mol. The number of rotatable bonds is 6. The monoisotopic (exact) mass is 384 g/mol. The standard InChI is InChI=1S/C21H24N2O3S/c1-14-7-8-17-18(9-14)27-20-19(17)21(25)23(13-22-20)10-16(24)12-26-11-15-5-3-2-4-6-15/h2-6,13-14,16,24H,7-12H2,1H3/t14-,16+/m0/s1. The second kappa shape index (κ2) is 7.92. The van der Waals surface area contributed by atoms with Crippen molar-refractivity contribution in [2.24, 2.45) is 5.92 Å². The lowest BCUT2D eigenvalue weighted by Gasteiger charge is -2.17. The zero-order valence-corrected chi connectivity index (χ0v) is 16.2. The van der Waals surface area contributed by atoms with E-state index in [1.165, 1.54) is 15.0 Å². The first kappa shape index (κ1) is 18.3. The van der Waals surface area contributed by atoms with Crippen molar-refractivity contribution in [3.8, 4) is 0 Å². The van der Waals surface area contributed by atoms with Gasteiger partial charge in [-0.3, -0.25) is 9.36 Å². The van der Waals surface area contributed by atoms with Crippen molar-refractivity contribution in [2.45, 2.75) is 45.4 Å². The minimum Gasteiger partial charge on any atom is -0.389 e. The summed E-state index contributed by atoms with van der Waals surface area (Å²) in [6.07, 6.45) is 3.89. The van der Waals surface area contributed by atoms with Crippen LogP contribution in [0.4, 0.5) is 0 Å². The van der Waals surface area contributed by atoms with Crippen LogP contribution < -0.4 is 5.56 Å². The van der Waals surface area contributed by atoms with Crippen LogP contribution in [0.15, 0.2) is 41.5 Å². The number of hydrogen-bond acceptors (Lipinski definition) is 5. The van der Waals surface area contributed by atoms with Crippen LogP contribution in [0, 0.1) is 5.92 Å². The summed E-state index contributed by atoms with van der Waals surface area (Å²) in [5, 5.41) is 11.0. The Balaban J connectivity index is 1.45. The van der Waals surface area contributed by atoms with Gasteiger partial charge >= 0.3 is 0 Å². The van der Waals surface area contributed by atoms with Gasteiger partial charge in [0.1, 0.15) is 4.83 Å². The van der Waals surface area contributed by atoms with Gasteiger partial charge in [-0.15, -0.1) is 11.3 Å². The fourth-order valence-corrected chi connectivity index (χ4v) is 5.00. The number of benzene rings is 1. The summed E-state index contributed by atoms with van der Waals surface area (Å²) in [5.74, 6) is 0.663. The van der Waals surface area contributed by atoms with E-state index in [0.29, 0.717) is 12.5 Å². The number of nitrogens with zero attached hydrogens (tertiary/aromatic N) is 2. The average Bonchev–Trinajstić information content (AvgIpc) is 3.03. The molecule has 2 aromatic heterocycles. The van der Waals surface area contributed by atoms with E-state index < -0.39 is 6.10 Å². The van der Waals surface area contributed by atoms with Crippen LogP contribution >= 0.6 is 11.3 Å². The molecule has 142 valence electrons. The van der Waals surface area contributed by atoms with Crippen LogP contribution in [0.5, 0.6) is 0 Å². The lowest BCUT2D eigenvalue weighted by atomic mass is 9.89. The van der Waals surface area contributed by atoms with Crippen molar-refractivity contribution in [1.29, 1.82) is 0 Å². The number of aryl methyl sites for hydroxylation is 1. The Morgan fingerprint density at radius 3 is 3.00 bits per heavy atom. The van der Waals surface area contributed by atoms with Crippen LogP contribution in [0.3, 0.4) is 0 Å². The molecule has 2 heterocycles. The fourth-order valence-electron chi connectivity index (χ4n) is 3.66. The topological polar surface area (TPSA) is 64.3 Å². The van der Waals surface area contributed by atoms with E-state index in [1.54, 1.807) is 17.7 Å². The summed E-state index contributed by atoms with van der Waals surface area (Å²) >= 11 is 1.65. The van der Waals surface area contributed by atoms with Crippen molar-refractivity contribution in [2.75, 3.05) is 6.61 Å². The summed E-state index contributed by atoms with van der Waals surface area (Å²) < 4.78 is 7.10. The Morgan fingerprint density at radius 1 is 1.37 bits per heavy atom. The molecule has 5 nitrogen and oxygen atoms in total. The number of aliphatic hydroxyl groups is 1. The molecule has 1 aliphatic carbocycles. The highest BCUT2D eigenvalue weighted by Crippen LogP contribution is 2.35. The maximum atomic E-state index is 13.0. The normalized spacial score (nSPS) is 17.8. The minimum atomic E-state index is -0.750. The Hall–Kier alpha value is -2.02. The Morgan fingerprint density at radius 2 is 2.19 bits per heavy atom. The third kappa shape index (κ3) is 3.98. The molecule has 0 radical (unpaired) electrons. The zero-order valence-electron chi connectivity index (χ0n) is 15.4. The van der Waals surface area contributed by atoms with Gasteiger partial charge in [0.2, 0.25) is 0 Å². The van der Waals surface area contributed by atoms with E-state index in [1.807, 2.05) is 30.3 Å². The molecule has 0 spiro atoms. The van der Waals surface area contributed by atoms with E-state index in [4.69, 9.17) is 4.74 Å². The SMILES string of the molecule is C[C@H]1CCc2c(sc3ncn(C[C@@H](O)COCc4ccccc4)c(=O)c23)C1. The van der Waals surface area contributed by atoms with Gasteiger partial charge in [0.05, 0.1) is 37.6 Å². The maximum Gasteiger partial charge on any atom is 0.262 e. The van der Waals surface area contributed by atoms with Gasteiger partial charge in [0.25, 0.3) is 5.56 Å². The Labute approximate surface area is 162 Å². The summed E-state index contributed by atoms with van der Waals surface area (Å²) in [6, 6.07) is 9.83. The van der Waals surface area contributed by atoms with Crippen molar-refractivity contribution < 1.29 is 9.84 Å². The summed E-state index contributed by atoms with van der Waals surface area (Å²) in [6.45, 7) is 3.07.